The molecule has 0 unspecified atom stereocenters. The number of ether oxygens (including phenoxy) is 1. The van der Waals surface area contributed by atoms with Crippen LogP contribution in [-0.4, -0.2) is 56.4 Å². The van der Waals surface area contributed by atoms with E-state index in [1.807, 2.05) is 13.8 Å². The molecule has 5 nitrogen and oxygen atoms in total. The Bertz CT molecular complexity index is 363. The molecule has 17 heavy (non-hydrogen) atoms. The molecule has 0 aromatic heterocycles. The van der Waals surface area contributed by atoms with Gasteiger partial charge < -0.3 is 10.1 Å². The summed E-state index contributed by atoms with van der Waals surface area (Å²) in [7, 11) is -3.13. The van der Waals surface area contributed by atoms with Crippen LogP contribution in [-0.2, 0) is 14.8 Å². The van der Waals surface area contributed by atoms with E-state index < -0.39 is 10.0 Å². The zero-order chi connectivity index (χ0) is 12.5. The highest BCUT2D eigenvalue weighted by Gasteiger charge is 2.33. The zero-order valence-electron chi connectivity index (χ0n) is 10.6. The van der Waals surface area contributed by atoms with Gasteiger partial charge in [-0.1, -0.05) is 0 Å². The molecule has 1 N–H and O–H groups in total. The Morgan fingerprint density at radius 2 is 2.12 bits per heavy atom. The van der Waals surface area contributed by atoms with Gasteiger partial charge in [-0.25, -0.2) is 8.42 Å². The maximum Gasteiger partial charge on any atom is 0.215 e. The Morgan fingerprint density at radius 1 is 1.41 bits per heavy atom. The van der Waals surface area contributed by atoms with Crippen molar-refractivity contribution in [3.8, 4) is 0 Å². The van der Waals surface area contributed by atoms with Crippen molar-refractivity contribution in [1.29, 1.82) is 0 Å². The summed E-state index contributed by atoms with van der Waals surface area (Å²) in [6, 6.07) is 0.561. The fourth-order valence-corrected chi connectivity index (χ4v) is 3.51. The van der Waals surface area contributed by atoms with E-state index in [0.717, 1.165) is 0 Å². The second-order valence-electron chi connectivity index (χ2n) is 5.49. The fourth-order valence-electron chi connectivity index (χ4n) is 2.02. The van der Waals surface area contributed by atoms with E-state index in [1.54, 1.807) is 4.31 Å². The minimum absolute atomic E-state index is 0.194. The van der Waals surface area contributed by atoms with Crippen LogP contribution < -0.4 is 5.32 Å². The largest absolute Gasteiger partial charge is 0.373 e. The van der Waals surface area contributed by atoms with Crippen molar-refractivity contribution in [2.24, 2.45) is 0 Å². The minimum Gasteiger partial charge on any atom is -0.373 e. The molecule has 0 spiro atoms. The van der Waals surface area contributed by atoms with E-state index in [4.69, 9.17) is 4.74 Å². The maximum absolute atomic E-state index is 12.1. The highest BCUT2D eigenvalue weighted by Crippen LogP contribution is 2.20. The third kappa shape index (κ3) is 3.91. The van der Waals surface area contributed by atoms with E-state index in [1.165, 1.54) is 12.8 Å². The molecule has 1 heterocycles. The van der Waals surface area contributed by atoms with E-state index in [9.17, 15) is 8.42 Å². The molecule has 0 bridgehead atoms. The number of morpholine rings is 1. The third-order valence-electron chi connectivity index (χ3n) is 3.15. The van der Waals surface area contributed by atoms with Crippen LogP contribution in [0.3, 0.4) is 0 Å². The smallest absolute Gasteiger partial charge is 0.215 e. The molecule has 6 heteroatoms. The third-order valence-corrected chi connectivity index (χ3v) is 4.97. The molecule has 100 valence electrons. The van der Waals surface area contributed by atoms with Crippen molar-refractivity contribution >= 4 is 10.0 Å². The summed E-state index contributed by atoms with van der Waals surface area (Å²) in [4.78, 5) is 0. The molecular formula is C11H22N2O3S. The average molecular weight is 262 g/mol. The molecule has 0 atom stereocenters. The molecular weight excluding hydrogens is 240 g/mol. The van der Waals surface area contributed by atoms with Crippen molar-refractivity contribution in [2.45, 2.75) is 38.3 Å². The lowest BCUT2D eigenvalue weighted by Gasteiger charge is -2.37. The van der Waals surface area contributed by atoms with Crippen LogP contribution in [0.15, 0.2) is 0 Å². The van der Waals surface area contributed by atoms with Crippen LogP contribution in [0.2, 0.25) is 0 Å². The summed E-state index contributed by atoms with van der Waals surface area (Å²) < 4.78 is 31.3. The van der Waals surface area contributed by atoms with E-state index in [2.05, 4.69) is 5.32 Å². The van der Waals surface area contributed by atoms with E-state index in [0.29, 0.717) is 32.3 Å². The first-order valence-corrected chi connectivity index (χ1v) is 7.85. The Balaban J connectivity index is 1.85. The SMILES string of the molecule is CC1(C)CN(S(=O)(=O)CCNC2CC2)CCO1. The van der Waals surface area contributed by atoms with Gasteiger partial charge in [-0.3, -0.25) is 0 Å². The van der Waals surface area contributed by atoms with Gasteiger partial charge in [0.2, 0.25) is 10.0 Å². The quantitative estimate of drug-likeness (QED) is 0.768. The standard InChI is InChI=1S/C11H22N2O3S/c1-11(2)9-13(6-7-16-11)17(14,15)8-5-12-10-3-4-10/h10,12H,3-9H2,1-2H3. The Morgan fingerprint density at radius 3 is 2.71 bits per heavy atom. The molecule has 2 rings (SSSR count). The lowest BCUT2D eigenvalue weighted by atomic mass is 10.1. The molecule has 0 radical (unpaired) electrons. The van der Waals surface area contributed by atoms with Crippen LogP contribution >= 0.6 is 0 Å². The lowest BCUT2D eigenvalue weighted by Crippen LogP contribution is -2.51. The predicted molar refractivity (Wildman–Crippen MR) is 66.4 cm³/mol. The topological polar surface area (TPSA) is 58.6 Å². The summed E-state index contributed by atoms with van der Waals surface area (Å²) in [6.45, 7) is 5.84. The van der Waals surface area contributed by atoms with Crippen LogP contribution in [0.1, 0.15) is 26.7 Å². The van der Waals surface area contributed by atoms with Gasteiger partial charge in [0.25, 0.3) is 0 Å². The molecule has 1 saturated heterocycles. The van der Waals surface area contributed by atoms with Gasteiger partial charge in [-0.05, 0) is 26.7 Å². The van der Waals surface area contributed by atoms with Gasteiger partial charge >= 0.3 is 0 Å². The zero-order valence-corrected chi connectivity index (χ0v) is 11.4. The Kier molecular flexibility index (Phi) is 3.77. The van der Waals surface area contributed by atoms with Gasteiger partial charge in [0.15, 0.2) is 0 Å². The first-order chi connectivity index (χ1) is 7.89. The summed E-state index contributed by atoms with van der Waals surface area (Å²) in [5.74, 6) is 0.194. The van der Waals surface area contributed by atoms with Gasteiger partial charge in [0.1, 0.15) is 0 Å². The number of sulfonamides is 1. The summed E-state index contributed by atoms with van der Waals surface area (Å²) >= 11 is 0. The molecule has 0 aromatic carbocycles. The Labute approximate surface area is 104 Å². The van der Waals surface area contributed by atoms with Crippen LogP contribution in [0.25, 0.3) is 0 Å². The van der Waals surface area contributed by atoms with Gasteiger partial charge in [0.05, 0.1) is 18.0 Å². The molecule has 2 aliphatic rings. The van der Waals surface area contributed by atoms with Gasteiger partial charge in [-0.15, -0.1) is 0 Å². The van der Waals surface area contributed by atoms with Gasteiger partial charge in [-0.2, -0.15) is 4.31 Å². The minimum atomic E-state index is -3.13. The van der Waals surface area contributed by atoms with Crippen molar-refractivity contribution < 1.29 is 13.2 Å². The number of hydrogen-bond acceptors (Lipinski definition) is 4. The van der Waals surface area contributed by atoms with Crippen molar-refractivity contribution in [3.63, 3.8) is 0 Å². The number of hydrogen-bond donors (Lipinski definition) is 1. The van der Waals surface area contributed by atoms with E-state index >= 15 is 0 Å². The highest BCUT2D eigenvalue weighted by atomic mass is 32.2. The number of nitrogens with zero attached hydrogens (tertiary/aromatic N) is 1. The fraction of sp³-hybridized carbons (Fsp3) is 1.00. The molecule has 2 fully saturated rings. The lowest BCUT2D eigenvalue weighted by molar-refractivity contribution is -0.0640. The molecule has 0 aromatic rings. The van der Waals surface area contributed by atoms with Crippen molar-refractivity contribution in [1.82, 2.24) is 9.62 Å². The monoisotopic (exact) mass is 262 g/mol. The molecule has 1 aliphatic carbocycles. The van der Waals surface area contributed by atoms with Crippen molar-refractivity contribution in [2.75, 3.05) is 32.0 Å². The molecule has 0 amide bonds. The summed E-state index contributed by atoms with van der Waals surface area (Å²) in [5, 5.41) is 3.24. The van der Waals surface area contributed by atoms with E-state index in [-0.39, 0.29) is 11.4 Å². The van der Waals surface area contributed by atoms with Gasteiger partial charge in [0, 0.05) is 25.7 Å². The number of nitrogens with one attached hydrogen (secondary N) is 1. The highest BCUT2D eigenvalue weighted by molar-refractivity contribution is 7.89. The molecule has 1 saturated carbocycles. The first-order valence-electron chi connectivity index (χ1n) is 6.24. The number of rotatable bonds is 5. The maximum atomic E-state index is 12.1. The summed E-state index contributed by atoms with van der Waals surface area (Å²) in [5.41, 5.74) is -0.366. The average Bonchev–Trinajstić information content (AvgIpc) is 3.00. The Hall–Kier alpha value is -0.170. The summed E-state index contributed by atoms with van der Waals surface area (Å²) in [6.07, 6.45) is 2.37. The second kappa shape index (κ2) is 4.84. The normalized spacial score (nSPS) is 26.0. The predicted octanol–water partition coefficient (Wildman–Crippen LogP) is 0.179. The van der Waals surface area contributed by atoms with Crippen LogP contribution in [0.4, 0.5) is 0 Å². The van der Waals surface area contributed by atoms with Crippen LogP contribution in [0, 0.1) is 0 Å². The molecule has 1 aliphatic heterocycles. The van der Waals surface area contributed by atoms with Crippen LogP contribution in [0.5, 0.6) is 0 Å². The second-order valence-corrected chi connectivity index (χ2v) is 7.57. The van der Waals surface area contributed by atoms with Crippen molar-refractivity contribution in [3.05, 3.63) is 0 Å². The first kappa shape index (κ1) is 13.3.